The first kappa shape index (κ1) is 64.5. The molecule has 0 bridgehead atoms. The van der Waals surface area contributed by atoms with Crippen molar-refractivity contribution in [1.29, 1.82) is 0 Å². The van der Waals surface area contributed by atoms with Crippen molar-refractivity contribution in [3.63, 3.8) is 0 Å². The molecule has 0 aliphatic carbocycles. The van der Waals surface area contributed by atoms with Crippen LogP contribution in [0, 0.1) is 0 Å². The largest absolute Gasteiger partial charge is 0.491 e. The second-order valence-corrected chi connectivity index (χ2v) is 20.3. The van der Waals surface area contributed by atoms with Gasteiger partial charge in [0, 0.05) is 37.3 Å². The summed E-state index contributed by atoms with van der Waals surface area (Å²) in [5, 5.41) is 49.1. The number of nitrogens with one attached hydrogen (secondary N) is 4. The lowest BCUT2D eigenvalue weighted by Gasteiger charge is -2.20. The number of aliphatic hydroxyl groups excluding tert-OH is 2. The third-order valence-electron chi connectivity index (χ3n) is 8.69. The maximum absolute atomic E-state index is 11.6. The fourth-order valence-corrected chi connectivity index (χ4v) is 7.52. The zero-order chi connectivity index (χ0) is 53.6. The standard InChI is InChI=1S/2C18H31NO4.C7H8ClN3O4S2.C4H4O4/c2*1-14(2)19-11-17(20)13-23-18-7-5-16(6-8-18)12-21-9-10-22-15(3)4;8-4-1-5-7(2-6(4)16(9,12)13)17(14,15)11-3-10-5;5-3(6)1-2-4(7)8/h2*5-8,14-15,17,19-20H,9-13H2,1-4H3;1-2,10-11H,3H2,(H2,9,12,13);1-2H,(H,5,6)(H,7,8)/b;;;2-1+. The number of aliphatic hydroxyl groups is 2. The van der Waals surface area contributed by atoms with Gasteiger partial charge in [0.15, 0.2) is 0 Å². The van der Waals surface area contributed by atoms with Crippen molar-refractivity contribution in [2.75, 3.05) is 64.7 Å². The average molecular weight is 1060 g/mol. The fourth-order valence-electron chi connectivity index (χ4n) is 5.24. The molecule has 24 heteroatoms. The molecule has 0 aromatic heterocycles. The number of sulfonamides is 2. The summed E-state index contributed by atoms with van der Waals surface area (Å²) in [5.74, 6) is -1.01. The van der Waals surface area contributed by atoms with Crippen LogP contribution >= 0.6 is 11.6 Å². The van der Waals surface area contributed by atoms with Crippen molar-refractivity contribution in [2.45, 2.75) is 115 Å². The van der Waals surface area contributed by atoms with Crippen molar-refractivity contribution < 1.29 is 75.3 Å². The molecule has 1 aliphatic heterocycles. The van der Waals surface area contributed by atoms with E-state index in [2.05, 4.69) is 20.7 Å². The van der Waals surface area contributed by atoms with Crippen LogP contribution in [0.2, 0.25) is 5.02 Å². The number of ether oxygens (including phenoxy) is 6. The van der Waals surface area contributed by atoms with Crippen molar-refractivity contribution in [1.82, 2.24) is 15.4 Å². The van der Waals surface area contributed by atoms with Gasteiger partial charge < -0.3 is 64.8 Å². The number of hydrogen-bond donors (Lipinski definition) is 9. The summed E-state index contributed by atoms with van der Waals surface area (Å²) in [6.45, 7) is 21.4. The van der Waals surface area contributed by atoms with Gasteiger partial charge in [-0.2, -0.15) is 4.72 Å². The number of primary sulfonamides is 1. The highest BCUT2D eigenvalue weighted by Gasteiger charge is 2.27. The Hall–Kier alpha value is -4.47. The number of carbonyl (C=O) groups is 2. The molecular formula is C47H74ClN5O16S2. The van der Waals surface area contributed by atoms with Crippen molar-refractivity contribution >= 4 is 49.3 Å². The molecule has 10 N–H and O–H groups in total. The van der Waals surface area contributed by atoms with Crippen LogP contribution in [-0.4, -0.2) is 145 Å². The van der Waals surface area contributed by atoms with Crippen LogP contribution in [-0.2, 0) is 61.8 Å². The molecule has 0 saturated carbocycles. The van der Waals surface area contributed by atoms with Crippen LogP contribution in [0.4, 0.5) is 5.69 Å². The average Bonchev–Trinajstić information content (AvgIpc) is 3.28. The zero-order valence-corrected chi connectivity index (χ0v) is 44.0. The highest BCUT2D eigenvalue weighted by molar-refractivity contribution is 7.90. The number of anilines is 1. The lowest BCUT2D eigenvalue weighted by atomic mass is 10.2. The van der Waals surface area contributed by atoms with Gasteiger partial charge in [0.05, 0.1) is 69.2 Å². The number of fused-ring (bicyclic) bond motifs is 1. The van der Waals surface area contributed by atoms with Gasteiger partial charge in [0.1, 0.15) is 46.7 Å². The van der Waals surface area contributed by atoms with Crippen molar-refractivity contribution in [2.24, 2.45) is 5.14 Å². The first-order valence-corrected chi connectivity index (χ1v) is 26.1. The Morgan fingerprint density at radius 3 is 1.48 bits per heavy atom. The number of hydrogen-bond acceptors (Lipinski definition) is 17. The quantitative estimate of drug-likeness (QED) is 0.0383. The summed E-state index contributed by atoms with van der Waals surface area (Å²) >= 11 is 5.72. The van der Waals surface area contributed by atoms with Gasteiger partial charge in [-0.05, 0) is 75.2 Å². The molecule has 0 saturated heterocycles. The predicted molar refractivity (Wildman–Crippen MR) is 270 cm³/mol. The van der Waals surface area contributed by atoms with Crippen molar-refractivity contribution in [3.05, 3.63) is 89.0 Å². The molecule has 0 amide bonds. The topological polar surface area (TPSA) is 313 Å². The lowest BCUT2D eigenvalue weighted by Crippen LogP contribution is -2.35. The second kappa shape index (κ2) is 34.8. The molecule has 21 nitrogen and oxygen atoms in total. The molecule has 1 aliphatic rings. The smallest absolute Gasteiger partial charge is 0.328 e. The number of halogens is 1. The summed E-state index contributed by atoms with van der Waals surface area (Å²) < 4.78 is 81.0. The third-order valence-corrected chi connectivity index (χ3v) is 11.5. The Morgan fingerprint density at radius 1 is 0.718 bits per heavy atom. The van der Waals surface area contributed by atoms with E-state index in [4.69, 9.17) is 55.4 Å². The van der Waals surface area contributed by atoms with E-state index in [0.29, 0.717) is 77.0 Å². The first-order chi connectivity index (χ1) is 33.3. The molecule has 1 heterocycles. The number of aliphatic carboxylic acids is 2. The van der Waals surface area contributed by atoms with E-state index in [9.17, 15) is 36.6 Å². The Morgan fingerprint density at radius 2 is 1.13 bits per heavy atom. The van der Waals surface area contributed by atoms with E-state index in [1.54, 1.807) is 0 Å². The Bertz CT molecular complexity index is 2140. The molecule has 402 valence electrons. The third kappa shape index (κ3) is 31.6. The molecule has 0 spiro atoms. The number of nitrogens with two attached hydrogens (primary N) is 1. The van der Waals surface area contributed by atoms with Crippen LogP contribution in [0.15, 0.2) is 82.6 Å². The van der Waals surface area contributed by atoms with Crippen LogP contribution < -0.4 is 35.3 Å². The normalized spacial score (nSPS) is 13.7. The minimum Gasteiger partial charge on any atom is -0.491 e. The van der Waals surface area contributed by atoms with Crippen LogP contribution in [0.3, 0.4) is 0 Å². The molecular weight excluding hydrogens is 990 g/mol. The van der Waals surface area contributed by atoms with E-state index in [0.717, 1.165) is 28.7 Å². The Balaban J connectivity index is 0.000000498. The summed E-state index contributed by atoms with van der Waals surface area (Å²) in [6, 6.07) is 18.3. The SMILES string of the molecule is CC(C)NCC(O)COc1ccc(COCCOC(C)C)cc1.CC(C)NCC(O)COc1ccc(COCCOC(C)C)cc1.NS(=O)(=O)c1cc2c(cc1Cl)NCNS2(=O)=O.O=C(O)/C=C/C(=O)O. The van der Waals surface area contributed by atoms with E-state index >= 15 is 0 Å². The number of carboxylic acid groups (broad SMARTS) is 2. The maximum Gasteiger partial charge on any atom is 0.328 e. The summed E-state index contributed by atoms with van der Waals surface area (Å²) in [5.41, 5.74) is 2.41. The van der Waals surface area contributed by atoms with E-state index in [1.807, 2.05) is 104 Å². The van der Waals surface area contributed by atoms with Crippen LogP contribution in [0.5, 0.6) is 11.5 Å². The number of carboxylic acids is 2. The van der Waals surface area contributed by atoms with E-state index in [-0.39, 0.29) is 47.7 Å². The van der Waals surface area contributed by atoms with Gasteiger partial charge in [-0.25, -0.2) is 31.6 Å². The molecule has 71 heavy (non-hydrogen) atoms. The fraction of sp³-hybridized carbons (Fsp3) is 0.532. The minimum atomic E-state index is -4.07. The van der Waals surface area contributed by atoms with E-state index in [1.165, 1.54) is 6.07 Å². The molecule has 2 unspecified atom stereocenters. The van der Waals surface area contributed by atoms with Gasteiger partial charge in [0.2, 0.25) is 20.0 Å². The Labute approximate surface area is 423 Å². The van der Waals surface area contributed by atoms with E-state index < -0.39 is 49.1 Å². The number of benzene rings is 3. The molecule has 0 radical (unpaired) electrons. The first-order valence-electron chi connectivity index (χ1n) is 22.7. The molecule has 3 aromatic rings. The summed E-state index contributed by atoms with van der Waals surface area (Å²) in [4.78, 5) is 18.5. The molecule has 3 aromatic carbocycles. The molecule has 2 atom stereocenters. The number of rotatable bonds is 27. The zero-order valence-electron chi connectivity index (χ0n) is 41.6. The lowest BCUT2D eigenvalue weighted by molar-refractivity contribution is -0.134. The predicted octanol–water partition coefficient (Wildman–Crippen LogP) is 4.09. The Kier molecular flexibility index (Phi) is 31.7. The van der Waals surface area contributed by atoms with Gasteiger partial charge in [-0.15, -0.1) is 0 Å². The van der Waals surface area contributed by atoms with Crippen LogP contribution in [0.25, 0.3) is 0 Å². The van der Waals surface area contributed by atoms with Gasteiger partial charge in [-0.3, -0.25) is 0 Å². The summed E-state index contributed by atoms with van der Waals surface area (Å²) in [7, 11) is -7.80. The molecule has 4 rings (SSSR count). The summed E-state index contributed by atoms with van der Waals surface area (Å²) in [6.07, 6.45) is 0.565. The highest BCUT2D eigenvalue weighted by Crippen LogP contribution is 2.32. The van der Waals surface area contributed by atoms with Crippen LogP contribution in [0.1, 0.15) is 66.5 Å². The van der Waals surface area contributed by atoms with Gasteiger partial charge >= 0.3 is 11.9 Å². The van der Waals surface area contributed by atoms with Gasteiger partial charge in [-0.1, -0.05) is 63.6 Å². The maximum atomic E-state index is 11.6. The minimum absolute atomic E-state index is 0.0143. The van der Waals surface area contributed by atoms with Gasteiger partial charge in [0.25, 0.3) is 0 Å². The highest BCUT2D eigenvalue weighted by atomic mass is 35.5. The second-order valence-electron chi connectivity index (χ2n) is 16.6. The van der Waals surface area contributed by atoms with Crippen molar-refractivity contribution in [3.8, 4) is 11.5 Å². The monoisotopic (exact) mass is 1060 g/mol. The molecule has 0 fully saturated rings.